The molecule has 1 aromatic rings. The second kappa shape index (κ2) is 6.39. The van der Waals surface area contributed by atoms with Crippen LogP contribution in [0.25, 0.3) is 5.57 Å². The van der Waals surface area contributed by atoms with Crippen LogP contribution in [0.3, 0.4) is 0 Å². The van der Waals surface area contributed by atoms with Gasteiger partial charge in [-0.2, -0.15) is 0 Å². The highest BCUT2D eigenvalue weighted by Gasteiger charge is 2.26. The second-order valence-electron chi connectivity index (χ2n) is 4.66. The number of piperidine rings is 1. The molecule has 2 bridgehead atoms. The maximum Gasteiger partial charge on any atom is 0.0342 e. The number of fused-ring (bicyclic) bond motifs is 2. The van der Waals surface area contributed by atoms with E-state index in [2.05, 4.69) is 22.4 Å². The monoisotopic (exact) mass is 272 g/mol. The van der Waals surface area contributed by atoms with Crippen molar-refractivity contribution in [3.05, 3.63) is 36.2 Å². The van der Waals surface area contributed by atoms with Crippen molar-refractivity contribution in [3.8, 4) is 0 Å². The molecule has 2 aliphatic rings. The molecule has 1 aliphatic heterocycles. The first-order valence-electron chi connectivity index (χ1n) is 5.73. The maximum atomic E-state index is 4.20. The van der Waals surface area contributed by atoms with Crippen molar-refractivity contribution in [2.75, 3.05) is 13.1 Å². The molecule has 1 aliphatic carbocycles. The molecular weight excluding hydrogens is 255 g/mol. The summed E-state index contributed by atoms with van der Waals surface area (Å²) >= 11 is 0. The van der Waals surface area contributed by atoms with Crippen LogP contribution >= 0.6 is 24.8 Å². The Morgan fingerprint density at radius 2 is 2.12 bits per heavy atom. The summed E-state index contributed by atoms with van der Waals surface area (Å²) in [5.74, 6) is 1.58. The largest absolute Gasteiger partial charge is 0.316 e. The van der Waals surface area contributed by atoms with Crippen molar-refractivity contribution in [1.29, 1.82) is 0 Å². The van der Waals surface area contributed by atoms with Crippen LogP contribution in [-0.4, -0.2) is 18.1 Å². The Bertz CT molecular complexity index is 378. The van der Waals surface area contributed by atoms with Crippen LogP contribution in [0.1, 0.15) is 18.4 Å². The first-order chi connectivity index (χ1) is 7.42. The number of nitrogens with zero attached hydrogens (tertiary/aromatic N) is 1. The predicted molar refractivity (Wildman–Crippen MR) is 75.8 cm³/mol. The fourth-order valence-corrected chi connectivity index (χ4v) is 2.78. The standard InChI is InChI=1S/C13H16N2.2ClH/c1-2-12(9-14-3-1)13-5-10-4-11(6-13)8-15-7-10;;/h1-3,5,9-11,15H,4,6-8H2;2*1H. The SMILES string of the molecule is C1=C(c2cccnc2)CC2CNCC1C2.Cl.Cl. The van der Waals surface area contributed by atoms with E-state index in [1.54, 1.807) is 0 Å². The first-order valence-corrected chi connectivity index (χ1v) is 5.73. The van der Waals surface area contributed by atoms with Gasteiger partial charge in [0.05, 0.1) is 0 Å². The highest BCUT2D eigenvalue weighted by Crippen LogP contribution is 2.34. The second-order valence-corrected chi connectivity index (χ2v) is 4.66. The van der Waals surface area contributed by atoms with Gasteiger partial charge in [0.25, 0.3) is 0 Å². The number of halogens is 2. The van der Waals surface area contributed by atoms with Crippen LogP contribution in [-0.2, 0) is 0 Å². The summed E-state index contributed by atoms with van der Waals surface area (Å²) in [5, 5.41) is 3.50. The van der Waals surface area contributed by atoms with E-state index in [4.69, 9.17) is 0 Å². The number of hydrogen-bond donors (Lipinski definition) is 1. The number of aromatic nitrogens is 1. The van der Waals surface area contributed by atoms with Gasteiger partial charge in [-0.05, 0) is 48.4 Å². The molecule has 1 N–H and O–H groups in total. The van der Waals surface area contributed by atoms with E-state index in [0.717, 1.165) is 18.4 Å². The van der Waals surface area contributed by atoms with E-state index in [9.17, 15) is 0 Å². The van der Waals surface area contributed by atoms with Gasteiger partial charge in [-0.15, -0.1) is 24.8 Å². The molecule has 2 unspecified atom stereocenters. The zero-order valence-corrected chi connectivity index (χ0v) is 11.3. The van der Waals surface area contributed by atoms with E-state index < -0.39 is 0 Å². The number of rotatable bonds is 1. The third-order valence-corrected chi connectivity index (χ3v) is 3.45. The van der Waals surface area contributed by atoms with Crippen molar-refractivity contribution in [2.45, 2.75) is 12.8 Å². The fourth-order valence-electron chi connectivity index (χ4n) is 2.78. The lowest BCUT2D eigenvalue weighted by Crippen LogP contribution is -2.37. The molecule has 17 heavy (non-hydrogen) atoms. The van der Waals surface area contributed by atoms with Gasteiger partial charge in [0.2, 0.25) is 0 Å². The quantitative estimate of drug-likeness (QED) is 0.851. The molecule has 1 aromatic heterocycles. The normalized spacial score (nSPS) is 26.2. The van der Waals surface area contributed by atoms with Crippen molar-refractivity contribution in [2.24, 2.45) is 11.8 Å². The molecule has 2 atom stereocenters. The molecule has 0 radical (unpaired) electrons. The minimum Gasteiger partial charge on any atom is -0.316 e. The molecule has 0 spiro atoms. The number of allylic oxidation sites excluding steroid dienone is 1. The highest BCUT2D eigenvalue weighted by molar-refractivity contribution is 5.85. The van der Waals surface area contributed by atoms with Crippen LogP contribution < -0.4 is 5.32 Å². The van der Waals surface area contributed by atoms with Crippen molar-refractivity contribution in [1.82, 2.24) is 10.3 Å². The van der Waals surface area contributed by atoms with Gasteiger partial charge < -0.3 is 5.32 Å². The Hall–Kier alpha value is -0.570. The first kappa shape index (κ1) is 14.5. The molecule has 3 rings (SSSR count). The van der Waals surface area contributed by atoms with Gasteiger partial charge in [-0.3, -0.25) is 4.98 Å². The molecule has 0 saturated carbocycles. The summed E-state index contributed by atoms with van der Waals surface area (Å²) < 4.78 is 0. The van der Waals surface area contributed by atoms with E-state index >= 15 is 0 Å². The smallest absolute Gasteiger partial charge is 0.0342 e. The van der Waals surface area contributed by atoms with Gasteiger partial charge in [-0.25, -0.2) is 0 Å². The molecule has 94 valence electrons. The molecule has 0 amide bonds. The number of nitrogens with one attached hydrogen (secondary N) is 1. The summed E-state index contributed by atoms with van der Waals surface area (Å²) in [6.45, 7) is 2.34. The zero-order chi connectivity index (χ0) is 10.1. The Balaban J connectivity index is 0.000000722. The number of pyridine rings is 1. The predicted octanol–water partition coefficient (Wildman–Crippen LogP) is 2.94. The van der Waals surface area contributed by atoms with E-state index in [-0.39, 0.29) is 24.8 Å². The van der Waals surface area contributed by atoms with Crippen LogP contribution in [0, 0.1) is 11.8 Å². The van der Waals surface area contributed by atoms with Crippen LogP contribution in [0.15, 0.2) is 30.6 Å². The van der Waals surface area contributed by atoms with E-state index in [1.165, 1.54) is 30.5 Å². The molecule has 1 saturated heterocycles. The van der Waals surface area contributed by atoms with Crippen molar-refractivity contribution in [3.63, 3.8) is 0 Å². The molecular formula is C13H18Cl2N2. The van der Waals surface area contributed by atoms with Crippen molar-refractivity contribution < 1.29 is 0 Å². The summed E-state index contributed by atoms with van der Waals surface area (Å²) in [6, 6.07) is 4.20. The molecule has 2 heterocycles. The van der Waals surface area contributed by atoms with Gasteiger partial charge in [0, 0.05) is 18.9 Å². The topological polar surface area (TPSA) is 24.9 Å². The van der Waals surface area contributed by atoms with E-state index in [1.807, 2.05) is 18.5 Å². The van der Waals surface area contributed by atoms with E-state index in [0.29, 0.717) is 0 Å². The lowest BCUT2D eigenvalue weighted by molar-refractivity contribution is 0.317. The third kappa shape index (κ3) is 3.21. The van der Waals surface area contributed by atoms with Crippen LogP contribution in [0.2, 0.25) is 0 Å². The van der Waals surface area contributed by atoms with Crippen LogP contribution in [0.5, 0.6) is 0 Å². The Morgan fingerprint density at radius 3 is 2.82 bits per heavy atom. The van der Waals surface area contributed by atoms with Gasteiger partial charge in [0.1, 0.15) is 0 Å². The minimum absolute atomic E-state index is 0. The minimum atomic E-state index is 0. The molecule has 1 fully saturated rings. The van der Waals surface area contributed by atoms with Crippen molar-refractivity contribution >= 4 is 30.4 Å². The van der Waals surface area contributed by atoms with Gasteiger partial charge in [-0.1, -0.05) is 12.1 Å². The molecule has 4 heteroatoms. The Kier molecular flexibility index (Phi) is 5.44. The average molecular weight is 273 g/mol. The van der Waals surface area contributed by atoms with Gasteiger partial charge in [0.15, 0.2) is 0 Å². The lowest BCUT2D eigenvalue weighted by atomic mass is 9.78. The third-order valence-electron chi connectivity index (χ3n) is 3.45. The average Bonchev–Trinajstić information content (AvgIpc) is 2.30. The molecule has 2 nitrogen and oxygen atoms in total. The van der Waals surface area contributed by atoms with Crippen LogP contribution in [0.4, 0.5) is 0 Å². The fraction of sp³-hybridized carbons (Fsp3) is 0.462. The Morgan fingerprint density at radius 1 is 1.24 bits per heavy atom. The van der Waals surface area contributed by atoms with Gasteiger partial charge >= 0.3 is 0 Å². The summed E-state index contributed by atoms with van der Waals surface area (Å²) in [5.41, 5.74) is 2.82. The maximum absolute atomic E-state index is 4.20. The lowest BCUT2D eigenvalue weighted by Gasteiger charge is -2.34. The number of hydrogen-bond acceptors (Lipinski definition) is 2. The molecule has 0 aromatic carbocycles. The summed E-state index contributed by atoms with van der Waals surface area (Å²) in [6.07, 6.45) is 8.86. The summed E-state index contributed by atoms with van der Waals surface area (Å²) in [7, 11) is 0. The zero-order valence-electron chi connectivity index (χ0n) is 9.63. The Labute approximate surface area is 115 Å². The summed E-state index contributed by atoms with van der Waals surface area (Å²) in [4.78, 5) is 4.20. The highest BCUT2D eigenvalue weighted by atomic mass is 35.5.